The molecule has 0 unspecified atom stereocenters. The number of ether oxygens (including phenoxy) is 1. The van der Waals surface area contributed by atoms with Gasteiger partial charge < -0.3 is 4.74 Å². The van der Waals surface area contributed by atoms with Gasteiger partial charge in [-0.1, -0.05) is 82.1 Å². The Hall–Kier alpha value is -3.02. The Morgan fingerprint density at radius 3 is 2.39 bits per heavy atom. The molecule has 0 saturated carbocycles. The minimum atomic E-state index is -0.588. The van der Waals surface area contributed by atoms with Crippen LogP contribution in [0.1, 0.15) is 26.3 Å². The van der Waals surface area contributed by atoms with Crippen molar-refractivity contribution >= 4 is 50.2 Å². The summed E-state index contributed by atoms with van der Waals surface area (Å²) in [5, 5.41) is 1.03. The predicted octanol–water partition coefficient (Wildman–Crippen LogP) is 6.67. The van der Waals surface area contributed by atoms with Crippen LogP contribution in [-0.2, 0) is 4.74 Å². The minimum absolute atomic E-state index is 0.279. The number of Topliss-reactive ketones (excluding diaryl/α,β-unsaturated/α-hetero) is 1. The zero-order valence-corrected chi connectivity index (χ0v) is 18.9. The third kappa shape index (κ3) is 4.38. The number of carbonyl (C=O) groups excluding carboxylic acids is 2. The highest BCUT2D eigenvalue weighted by atomic mass is 79.9. The van der Waals surface area contributed by atoms with E-state index in [-0.39, 0.29) is 12.4 Å². The third-order valence-electron chi connectivity index (χ3n) is 4.96. The van der Waals surface area contributed by atoms with Gasteiger partial charge >= 0.3 is 5.97 Å². The molecule has 1 heterocycles. The number of pyridine rings is 1. The molecule has 0 N–H and O–H groups in total. The molecule has 0 amide bonds. The predicted molar refractivity (Wildman–Crippen MR) is 126 cm³/mol. The summed E-state index contributed by atoms with van der Waals surface area (Å²) in [5.74, 6) is -0.868. The summed E-state index contributed by atoms with van der Waals surface area (Å²) in [6, 6.07) is 21.7. The fraction of sp³-hybridized carbons (Fsp3) is 0.0800. The van der Waals surface area contributed by atoms with Gasteiger partial charge in [0.05, 0.1) is 21.8 Å². The number of para-hydroxylation sites is 1. The number of nitrogens with zero attached hydrogens (tertiary/aromatic N) is 1. The van der Waals surface area contributed by atoms with E-state index in [0.717, 1.165) is 10.0 Å². The monoisotopic (exact) mass is 493 g/mol. The highest BCUT2D eigenvalue weighted by molar-refractivity contribution is 9.10. The average Bonchev–Trinajstić information content (AvgIpc) is 2.78. The topological polar surface area (TPSA) is 56.3 Å². The van der Waals surface area contributed by atoms with Crippen molar-refractivity contribution in [1.29, 1.82) is 0 Å². The molecular weight excluding hydrogens is 478 g/mol. The summed E-state index contributed by atoms with van der Waals surface area (Å²) in [6.45, 7) is 1.47. The van der Waals surface area contributed by atoms with E-state index in [1.165, 1.54) is 0 Å². The number of aromatic nitrogens is 1. The van der Waals surface area contributed by atoms with Crippen LogP contribution in [0.25, 0.3) is 22.2 Å². The molecule has 0 aliphatic rings. The normalized spacial score (nSPS) is 10.8. The molecule has 1 aromatic heterocycles. The highest BCUT2D eigenvalue weighted by Gasteiger charge is 2.22. The van der Waals surface area contributed by atoms with Gasteiger partial charge in [-0.05, 0) is 30.7 Å². The Morgan fingerprint density at radius 2 is 1.68 bits per heavy atom. The first-order valence-corrected chi connectivity index (χ1v) is 10.7. The van der Waals surface area contributed by atoms with Gasteiger partial charge in [-0.25, -0.2) is 9.78 Å². The van der Waals surface area contributed by atoms with E-state index in [9.17, 15) is 9.59 Å². The molecule has 0 radical (unpaired) electrons. The summed E-state index contributed by atoms with van der Waals surface area (Å²) in [6.07, 6.45) is 0. The first-order valence-electron chi connectivity index (χ1n) is 9.56. The van der Waals surface area contributed by atoms with Crippen LogP contribution in [0.2, 0.25) is 5.02 Å². The second-order valence-corrected chi connectivity index (χ2v) is 8.29. The quantitative estimate of drug-likeness (QED) is 0.230. The van der Waals surface area contributed by atoms with E-state index in [2.05, 4.69) is 15.9 Å². The Labute approximate surface area is 193 Å². The lowest BCUT2D eigenvalue weighted by Crippen LogP contribution is -2.16. The van der Waals surface area contributed by atoms with Crippen molar-refractivity contribution in [1.82, 2.24) is 4.98 Å². The Kier molecular flexibility index (Phi) is 6.16. The lowest BCUT2D eigenvalue weighted by atomic mass is 9.98. The van der Waals surface area contributed by atoms with Crippen LogP contribution >= 0.6 is 27.5 Å². The molecule has 4 aromatic rings. The van der Waals surface area contributed by atoms with Crippen LogP contribution in [0.4, 0.5) is 0 Å². The summed E-state index contributed by atoms with van der Waals surface area (Å²) >= 11 is 9.73. The van der Waals surface area contributed by atoms with Crippen LogP contribution in [0.3, 0.4) is 0 Å². The van der Waals surface area contributed by atoms with Gasteiger partial charge in [-0.2, -0.15) is 0 Å². The fourth-order valence-electron chi connectivity index (χ4n) is 3.41. The molecule has 0 aliphatic carbocycles. The minimum Gasteiger partial charge on any atom is -0.454 e. The summed E-state index contributed by atoms with van der Waals surface area (Å²) in [7, 11) is 0. The number of hydrogen-bond acceptors (Lipinski definition) is 4. The lowest BCUT2D eigenvalue weighted by Gasteiger charge is -2.15. The van der Waals surface area contributed by atoms with E-state index in [1.54, 1.807) is 42.5 Å². The lowest BCUT2D eigenvalue weighted by molar-refractivity contribution is 0.0476. The molecule has 0 bridgehead atoms. The van der Waals surface area contributed by atoms with E-state index in [4.69, 9.17) is 21.3 Å². The van der Waals surface area contributed by atoms with E-state index in [1.807, 2.05) is 37.3 Å². The van der Waals surface area contributed by atoms with Crippen molar-refractivity contribution in [3.05, 3.63) is 99.0 Å². The molecule has 6 heteroatoms. The van der Waals surface area contributed by atoms with Gasteiger partial charge in [0, 0.05) is 21.0 Å². The molecule has 4 nitrogen and oxygen atoms in total. The molecule has 4 rings (SSSR count). The smallest absolute Gasteiger partial charge is 0.339 e. The molecule has 0 fully saturated rings. The van der Waals surface area contributed by atoms with Crippen molar-refractivity contribution in [2.45, 2.75) is 6.92 Å². The van der Waals surface area contributed by atoms with Crippen molar-refractivity contribution in [3.8, 4) is 11.3 Å². The molecule has 0 saturated heterocycles. The Bertz CT molecular complexity index is 1290. The maximum absolute atomic E-state index is 13.1. The zero-order chi connectivity index (χ0) is 22.0. The highest BCUT2D eigenvalue weighted by Crippen LogP contribution is 2.33. The number of hydrogen-bond donors (Lipinski definition) is 0. The molecule has 3 aromatic carbocycles. The summed E-state index contributed by atoms with van der Waals surface area (Å²) < 4.78 is 6.29. The second-order valence-electron chi connectivity index (χ2n) is 6.97. The number of carbonyl (C=O) groups is 2. The maximum Gasteiger partial charge on any atom is 0.339 e. The van der Waals surface area contributed by atoms with E-state index < -0.39 is 5.97 Å². The number of benzene rings is 3. The summed E-state index contributed by atoms with van der Waals surface area (Å²) in [5.41, 5.74) is 3.52. The largest absolute Gasteiger partial charge is 0.454 e. The maximum atomic E-state index is 13.1. The number of fused-ring (bicyclic) bond motifs is 1. The molecule has 154 valence electrons. The first-order chi connectivity index (χ1) is 15.0. The first kappa shape index (κ1) is 21.2. The van der Waals surface area contributed by atoms with Crippen LogP contribution in [-0.4, -0.2) is 23.3 Å². The molecule has 31 heavy (non-hydrogen) atoms. The standard InChI is InChI=1S/C25H17BrClNO3/c1-15-22(25(30)31-14-21(29)16-10-12-18(26)13-11-16)19-8-5-9-20(27)24(19)28-23(15)17-6-3-2-4-7-17/h2-13H,14H2,1H3. The Morgan fingerprint density at radius 1 is 0.968 bits per heavy atom. The average molecular weight is 495 g/mol. The number of rotatable bonds is 5. The van der Waals surface area contributed by atoms with Gasteiger partial charge in [-0.15, -0.1) is 0 Å². The zero-order valence-electron chi connectivity index (χ0n) is 16.6. The summed E-state index contributed by atoms with van der Waals surface area (Å²) in [4.78, 5) is 30.3. The second kappa shape index (κ2) is 9.00. The molecule has 0 spiro atoms. The van der Waals surface area contributed by atoms with Gasteiger partial charge in [-0.3, -0.25) is 4.79 Å². The van der Waals surface area contributed by atoms with Gasteiger partial charge in [0.2, 0.25) is 0 Å². The van der Waals surface area contributed by atoms with Crippen LogP contribution in [0.5, 0.6) is 0 Å². The van der Waals surface area contributed by atoms with Crippen molar-refractivity contribution < 1.29 is 14.3 Å². The van der Waals surface area contributed by atoms with Crippen LogP contribution < -0.4 is 0 Å². The van der Waals surface area contributed by atoms with E-state index >= 15 is 0 Å². The van der Waals surface area contributed by atoms with Crippen molar-refractivity contribution in [2.75, 3.05) is 6.61 Å². The molecule has 0 aliphatic heterocycles. The van der Waals surface area contributed by atoms with Gasteiger partial charge in [0.1, 0.15) is 0 Å². The van der Waals surface area contributed by atoms with Crippen LogP contribution in [0.15, 0.2) is 77.3 Å². The fourth-order valence-corrected chi connectivity index (χ4v) is 3.89. The number of ketones is 1. The van der Waals surface area contributed by atoms with Gasteiger partial charge in [0.25, 0.3) is 0 Å². The van der Waals surface area contributed by atoms with Crippen molar-refractivity contribution in [3.63, 3.8) is 0 Å². The number of halogens is 2. The number of esters is 1. The van der Waals surface area contributed by atoms with Crippen LogP contribution in [0, 0.1) is 6.92 Å². The third-order valence-corrected chi connectivity index (χ3v) is 5.80. The SMILES string of the molecule is Cc1c(-c2ccccc2)nc2c(Cl)cccc2c1C(=O)OCC(=O)c1ccc(Br)cc1. The molecule has 0 atom stereocenters. The van der Waals surface area contributed by atoms with E-state index in [0.29, 0.717) is 38.3 Å². The van der Waals surface area contributed by atoms with Crippen molar-refractivity contribution in [2.24, 2.45) is 0 Å². The molecular formula is C25H17BrClNO3. The Balaban J connectivity index is 1.72. The van der Waals surface area contributed by atoms with Gasteiger partial charge in [0.15, 0.2) is 12.4 Å².